The molecule has 0 aliphatic rings. The minimum absolute atomic E-state index is 0.349. The number of nitrogens with zero attached hydrogens (tertiary/aromatic N) is 2. The Labute approximate surface area is 104 Å². The third-order valence-corrected chi connectivity index (χ3v) is 1.96. The van der Waals surface area contributed by atoms with E-state index in [1.165, 1.54) is 0 Å². The van der Waals surface area contributed by atoms with Gasteiger partial charge >= 0.3 is 6.36 Å². The summed E-state index contributed by atoms with van der Waals surface area (Å²) in [6.07, 6.45) is -8.59. The summed E-state index contributed by atoms with van der Waals surface area (Å²) in [6.45, 7) is 0. The number of aromatic nitrogens is 1. The Morgan fingerprint density at radius 2 is 2.05 bits per heavy atom. The normalized spacial score (nSPS) is 11.3. The molecule has 0 atom stereocenters. The van der Waals surface area contributed by atoms with Crippen LogP contribution in [0.1, 0.15) is 17.7 Å². The monoisotopic (exact) mass is 282 g/mol. The molecular formula is C10H7F5N2O2. The van der Waals surface area contributed by atoms with Crippen molar-refractivity contribution in [3.63, 3.8) is 0 Å². The molecule has 0 fully saturated rings. The summed E-state index contributed by atoms with van der Waals surface area (Å²) in [5, 5.41) is 8.46. The number of hydrogen-bond donors (Lipinski definition) is 0. The lowest BCUT2D eigenvalue weighted by Crippen LogP contribution is -2.18. The lowest BCUT2D eigenvalue weighted by molar-refractivity contribution is -0.275. The number of ether oxygens (including phenoxy) is 2. The molecule has 1 aromatic heterocycles. The Hall–Kier alpha value is -2.11. The quantitative estimate of drug-likeness (QED) is 0.797. The van der Waals surface area contributed by atoms with Crippen LogP contribution in [0.5, 0.6) is 11.6 Å². The van der Waals surface area contributed by atoms with E-state index in [9.17, 15) is 22.0 Å². The van der Waals surface area contributed by atoms with Gasteiger partial charge in [-0.1, -0.05) is 0 Å². The predicted octanol–water partition coefficient (Wildman–Crippen LogP) is 2.99. The first-order valence-electron chi connectivity index (χ1n) is 4.77. The Morgan fingerprint density at radius 1 is 1.42 bits per heavy atom. The molecule has 1 aromatic rings. The van der Waals surface area contributed by atoms with E-state index >= 15 is 0 Å². The van der Waals surface area contributed by atoms with Crippen LogP contribution in [-0.2, 0) is 6.42 Å². The first kappa shape index (κ1) is 14.9. The molecule has 9 heteroatoms. The van der Waals surface area contributed by atoms with E-state index in [2.05, 4.69) is 14.5 Å². The lowest BCUT2D eigenvalue weighted by Gasteiger charge is -2.14. The molecular weight excluding hydrogens is 275 g/mol. The van der Waals surface area contributed by atoms with Crippen LogP contribution in [0.3, 0.4) is 0 Å². The van der Waals surface area contributed by atoms with Crippen molar-refractivity contribution in [2.24, 2.45) is 0 Å². The summed E-state index contributed by atoms with van der Waals surface area (Å²) >= 11 is 0. The van der Waals surface area contributed by atoms with Crippen LogP contribution in [0.15, 0.2) is 6.07 Å². The molecule has 0 unspecified atom stereocenters. The summed E-state index contributed by atoms with van der Waals surface area (Å²) in [7, 11) is 0.963. The number of alkyl halides is 5. The molecule has 0 amide bonds. The number of methoxy groups -OCH3 is 1. The fourth-order valence-corrected chi connectivity index (χ4v) is 1.29. The zero-order valence-electron chi connectivity index (χ0n) is 9.46. The number of hydrogen-bond acceptors (Lipinski definition) is 4. The van der Waals surface area contributed by atoms with Gasteiger partial charge in [0.25, 0.3) is 12.3 Å². The highest BCUT2D eigenvalue weighted by Gasteiger charge is 2.34. The second-order valence-corrected chi connectivity index (χ2v) is 3.22. The van der Waals surface area contributed by atoms with Gasteiger partial charge in [-0.05, 0) is 11.6 Å². The highest BCUT2D eigenvalue weighted by molar-refractivity contribution is 5.41. The van der Waals surface area contributed by atoms with E-state index in [0.29, 0.717) is 6.07 Å². The van der Waals surface area contributed by atoms with Gasteiger partial charge in [-0.15, -0.1) is 13.2 Å². The van der Waals surface area contributed by atoms with Crippen LogP contribution in [0.2, 0.25) is 0 Å². The number of pyridine rings is 1. The fourth-order valence-electron chi connectivity index (χ4n) is 1.29. The van der Waals surface area contributed by atoms with Crippen LogP contribution in [0.4, 0.5) is 22.0 Å². The van der Waals surface area contributed by atoms with E-state index in [-0.39, 0.29) is 5.56 Å². The lowest BCUT2D eigenvalue weighted by atomic mass is 10.1. The second-order valence-electron chi connectivity index (χ2n) is 3.22. The third kappa shape index (κ3) is 3.94. The Morgan fingerprint density at radius 3 is 2.47 bits per heavy atom. The van der Waals surface area contributed by atoms with Crippen molar-refractivity contribution < 1.29 is 31.4 Å². The molecule has 0 spiro atoms. The average molecular weight is 282 g/mol. The van der Waals surface area contributed by atoms with Crippen molar-refractivity contribution >= 4 is 0 Å². The number of halogens is 5. The summed E-state index contributed by atoms with van der Waals surface area (Å²) in [5.74, 6) is -1.60. The van der Waals surface area contributed by atoms with Gasteiger partial charge in [0.05, 0.1) is 19.6 Å². The summed E-state index contributed by atoms with van der Waals surface area (Å²) in [6, 6.07) is 2.23. The average Bonchev–Trinajstić information content (AvgIpc) is 2.27. The topological polar surface area (TPSA) is 55.1 Å². The van der Waals surface area contributed by atoms with Gasteiger partial charge in [0.15, 0.2) is 5.75 Å². The van der Waals surface area contributed by atoms with Gasteiger partial charge in [-0.3, -0.25) is 0 Å². The van der Waals surface area contributed by atoms with E-state index in [1.54, 1.807) is 6.07 Å². The van der Waals surface area contributed by atoms with Crippen molar-refractivity contribution in [2.45, 2.75) is 19.2 Å². The van der Waals surface area contributed by atoms with Gasteiger partial charge in [0.1, 0.15) is 5.69 Å². The first-order valence-corrected chi connectivity index (χ1v) is 4.77. The largest absolute Gasteiger partial charge is 0.573 e. The first-order chi connectivity index (χ1) is 8.78. The van der Waals surface area contributed by atoms with Gasteiger partial charge in [-0.25, -0.2) is 13.8 Å². The Balaban J connectivity index is 3.31. The molecule has 0 saturated carbocycles. The minimum atomic E-state index is -5.02. The molecule has 19 heavy (non-hydrogen) atoms. The molecule has 1 heterocycles. The summed E-state index contributed by atoms with van der Waals surface area (Å²) in [4.78, 5) is 3.25. The molecule has 0 aliphatic heterocycles. The van der Waals surface area contributed by atoms with Crippen LogP contribution < -0.4 is 9.47 Å². The third-order valence-electron chi connectivity index (χ3n) is 1.96. The van der Waals surface area contributed by atoms with E-state index in [0.717, 1.165) is 7.11 Å². The molecule has 4 nitrogen and oxygen atoms in total. The van der Waals surface area contributed by atoms with E-state index < -0.39 is 36.5 Å². The fraction of sp³-hybridized carbons (Fsp3) is 0.400. The second kappa shape index (κ2) is 5.69. The smallest absolute Gasteiger partial charge is 0.478 e. The molecule has 0 aromatic carbocycles. The van der Waals surface area contributed by atoms with Crippen molar-refractivity contribution in [1.29, 1.82) is 5.26 Å². The van der Waals surface area contributed by atoms with Crippen LogP contribution >= 0.6 is 0 Å². The molecule has 1 rings (SSSR count). The standard InChI is InChI=1S/C10H7F5N2O2/c1-18-9-6(19-10(13,14)15)4-5(2-3-16)7(17-9)8(11)12/h4,8H,2H2,1H3. The number of nitriles is 1. The van der Waals surface area contributed by atoms with Crippen molar-refractivity contribution in [3.8, 4) is 17.7 Å². The highest BCUT2D eigenvalue weighted by atomic mass is 19.4. The van der Waals surface area contributed by atoms with Crippen LogP contribution in [0, 0.1) is 11.3 Å². The highest BCUT2D eigenvalue weighted by Crippen LogP contribution is 2.35. The Kier molecular flexibility index (Phi) is 4.47. The van der Waals surface area contributed by atoms with E-state index in [1.807, 2.05) is 0 Å². The predicted molar refractivity (Wildman–Crippen MR) is 51.7 cm³/mol. The van der Waals surface area contributed by atoms with Gasteiger partial charge < -0.3 is 9.47 Å². The Bertz CT molecular complexity index is 496. The maximum absolute atomic E-state index is 12.6. The maximum atomic E-state index is 12.6. The zero-order chi connectivity index (χ0) is 14.6. The molecule has 0 bridgehead atoms. The minimum Gasteiger partial charge on any atom is -0.478 e. The van der Waals surface area contributed by atoms with Gasteiger partial charge in [0, 0.05) is 0 Å². The summed E-state index contributed by atoms with van der Waals surface area (Å²) < 4.78 is 69.7. The van der Waals surface area contributed by atoms with E-state index in [4.69, 9.17) is 5.26 Å². The zero-order valence-corrected chi connectivity index (χ0v) is 9.46. The van der Waals surface area contributed by atoms with Crippen molar-refractivity contribution in [1.82, 2.24) is 4.98 Å². The molecule has 0 N–H and O–H groups in total. The molecule has 0 saturated heterocycles. The molecule has 0 radical (unpaired) electrons. The van der Waals surface area contributed by atoms with Crippen LogP contribution in [0.25, 0.3) is 0 Å². The van der Waals surface area contributed by atoms with Gasteiger partial charge in [-0.2, -0.15) is 5.26 Å². The van der Waals surface area contributed by atoms with Crippen molar-refractivity contribution in [2.75, 3.05) is 7.11 Å². The van der Waals surface area contributed by atoms with Gasteiger partial charge in [0.2, 0.25) is 0 Å². The maximum Gasteiger partial charge on any atom is 0.573 e. The molecule has 0 aliphatic carbocycles. The number of rotatable bonds is 4. The summed E-state index contributed by atoms with van der Waals surface area (Å²) in [5.41, 5.74) is -1.16. The SMILES string of the molecule is COc1nc(C(F)F)c(CC#N)cc1OC(F)(F)F. The molecule has 104 valence electrons. The van der Waals surface area contributed by atoms with Crippen molar-refractivity contribution in [3.05, 3.63) is 17.3 Å². The van der Waals surface area contributed by atoms with Crippen LogP contribution in [-0.4, -0.2) is 18.5 Å².